The second-order valence-corrected chi connectivity index (χ2v) is 9.01. The molecule has 1 N–H and O–H groups in total. The van der Waals surface area contributed by atoms with Crippen LogP contribution >= 0.6 is 0 Å². The zero-order valence-corrected chi connectivity index (χ0v) is 14.5. The minimum atomic E-state index is -3.05. The van der Waals surface area contributed by atoms with Gasteiger partial charge in [-0.3, -0.25) is 4.79 Å². The van der Waals surface area contributed by atoms with Gasteiger partial charge in [-0.2, -0.15) is 0 Å². The molecule has 1 saturated carbocycles. The predicted octanol–water partition coefficient (Wildman–Crippen LogP) is 2.69. The Hall–Kier alpha value is -1.63. The Bertz CT molecular complexity index is 739. The van der Waals surface area contributed by atoms with Crippen LogP contribution in [0.15, 0.2) is 12.1 Å². The molecule has 1 aromatic rings. The molecule has 2 aliphatic rings. The highest BCUT2D eigenvalue weighted by molar-refractivity contribution is 7.91. The van der Waals surface area contributed by atoms with Crippen molar-refractivity contribution in [2.45, 2.75) is 43.8 Å². The predicted molar refractivity (Wildman–Crippen MR) is 89.4 cm³/mol. The number of amides is 1. The van der Waals surface area contributed by atoms with Gasteiger partial charge < -0.3 is 10.1 Å². The number of benzene rings is 1. The van der Waals surface area contributed by atoms with Crippen LogP contribution in [0, 0.1) is 11.7 Å². The molecule has 132 valence electrons. The molecule has 1 aliphatic heterocycles. The number of carbonyl (C=O) groups excluding carboxylic acids is 1. The van der Waals surface area contributed by atoms with Crippen molar-refractivity contribution >= 4 is 21.4 Å². The minimum Gasteiger partial charge on any atom is -0.491 e. The molecule has 1 aliphatic carbocycles. The summed E-state index contributed by atoms with van der Waals surface area (Å²) in [6.07, 6.45) is 4.86. The van der Waals surface area contributed by atoms with Gasteiger partial charge in [0.05, 0.1) is 17.5 Å². The molecule has 24 heavy (non-hydrogen) atoms. The smallest absolute Gasteiger partial charge is 0.227 e. The quantitative estimate of drug-likeness (QED) is 0.905. The van der Waals surface area contributed by atoms with Gasteiger partial charge in [0, 0.05) is 18.2 Å². The second-order valence-electron chi connectivity index (χ2n) is 6.69. The first kappa shape index (κ1) is 17.2. The largest absolute Gasteiger partial charge is 0.491 e. The molecule has 1 amide bonds. The minimum absolute atomic E-state index is 0.191. The van der Waals surface area contributed by atoms with Gasteiger partial charge >= 0.3 is 0 Å². The van der Waals surface area contributed by atoms with Crippen LogP contribution in [0.4, 0.5) is 10.1 Å². The van der Waals surface area contributed by atoms with Crippen LogP contribution in [-0.4, -0.2) is 32.4 Å². The number of hydrogen-bond donors (Lipinski definition) is 1. The molecule has 0 saturated heterocycles. The molecule has 1 heterocycles. The Morgan fingerprint density at radius 3 is 2.62 bits per heavy atom. The SMILES string of the molecule is CS(=O)(=O)C1CCC(C(=O)Nc2cc(F)cc3c2OCCC3)CC1. The van der Waals surface area contributed by atoms with Gasteiger partial charge in [0.1, 0.15) is 21.4 Å². The van der Waals surface area contributed by atoms with Crippen molar-refractivity contribution in [3.05, 3.63) is 23.5 Å². The van der Waals surface area contributed by atoms with Crippen molar-refractivity contribution in [3.63, 3.8) is 0 Å². The molecule has 1 aromatic carbocycles. The van der Waals surface area contributed by atoms with E-state index in [9.17, 15) is 17.6 Å². The molecular formula is C17H22FNO4S. The first-order chi connectivity index (χ1) is 11.3. The van der Waals surface area contributed by atoms with E-state index in [1.54, 1.807) is 0 Å². The van der Waals surface area contributed by atoms with E-state index in [1.165, 1.54) is 18.4 Å². The Labute approximate surface area is 141 Å². The molecule has 0 atom stereocenters. The van der Waals surface area contributed by atoms with Crippen molar-refractivity contribution in [1.29, 1.82) is 0 Å². The van der Waals surface area contributed by atoms with Gasteiger partial charge in [-0.1, -0.05) is 0 Å². The zero-order chi connectivity index (χ0) is 17.3. The van der Waals surface area contributed by atoms with E-state index in [0.29, 0.717) is 43.7 Å². The van der Waals surface area contributed by atoms with Gasteiger partial charge in [-0.25, -0.2) is 12.8 Å². The monoisotopic (exact) mass is 355 g/mol. The molecule has 5 nitrogen and oxygen atoms in total. The fourth-order valence-corrected chi connectivity index (χ4v) is 4.65. The van der Waals surface area contributed by atoms with Gasteiger partial charge in [-0.15, -0.1) is 0 Å². The number of sulfone groups is 1. The van der Waals surface area contributed by atoms with Crippen LogP contribution in [-0.2, 0) is 21.1 Å². The van der Waals surface area contributed by atoms with Gasteiger partial charge in [0.15, 0.2) is 0 Å². The van der Waals surface area contributed by atoms with E-state index >= 15 is 0 Å². The van der Waals surface area contributed by atoms with E-state index in [1.807, 2.05) is 0 Å². The molecule has 7 heteroatoms. The average molecular weight is 355 g/mol. The fourth-order valence-electron chi connectivity index (χ4n) is 3.52. The second kappa shape index (κ2) is 6.70. The standard InChI is InChI=1S/C17H22FNO4S/c1-24(21,22)14-6-4-11(5-7-14)17(20)19-15-10-13(18)9-12-3-2-8-23-16(12)15/h9-11,14H,2-8H2,1H3,(H,19,20). The highest BCUT2D eigenvalue weighted by Crippen LogP contribution is 2.35. The maximum atomic E-state index is 13.8. The summed E-state index contributed by atoms with van der Waals surface area (Å²) in [5.74, 6) is -0.273. The van der Waals surface area contributed by atoms with Crippen LogP contribution in [0.1, 0.15) is 37.7 Å². The normalized spacial score (nSPS) is 23.9. The Balaban J connectivity index is 1.69. The van der Waals surface area contributed by atoms with E-state index in [0.717, 1.165) is 18.4 Å². The van der Waals surface area contributed by atoms with Gasteiger partial charge in [-0.05, 0) is 50.2 Å². The maximum Gasteiger partial charge on any atom is 0.227 e. The molecule has 0 aromatic heterocycles. The number of nitrogens with one attached hydrogen (secondary N) is 1. The van der Waals surface area contributed by atoms with Crippen molar-refractivity contribution in [2.75, 3.05) is 18.2 Å². The van der Waals surface area contributed by atoms with Crippen LogP contribution in [0.2, 0.25) is 0 Å². The number of halogens is 1. The van der Waals surface area contributed by atoms with E-state index in [4.69, 9.17) is 4.74 Å². The lowest BCUT2D eigenvalue weighted by Crippen LogP contribution is -2.32. The van der Waals surface area contributed by atoms with Crippen LogP contribution in [0.25, 0.3) is 0 Å². The number of carbonyl (C=O) groups is 1. The molecule has 0 unspecified atom stereocenters. The number of ether oxygens (including phenoxy) is 1. The van der Waals surface area contributed by atoms with Crippen LogP contribution in [0.3, 0.4) is 0 Å². The third kappa shape index (κ3) is 3.71. The Morgan fingerprint density at radius 2 is 1.96 bits per heavy atom. The first-order valence-corrected chi connectivity index (χ1v) is 10.2. The average Bonchev–Trinajstić information content (AvgIpc) is 2.54. The fraction of sp³-hybridized carbons (Fsp3) is 0.588. The number of rotatable bonds is 3. The summed E-state index contributed by atoms with van der Waals surface area (Å²) in [6.45, 7) is 0.557. The summed E-state index contributed by atoms with van der Waals surface area (Å²) in [4.78, 5) is 12.5. The Morgan fingerprint density at radius 1 is 1.25 bits per heavy atom. The first-order valence-electron chi connectivity index (χ1n) is 8.29. The summed E-state index contributed by atoms with van der Waals surface area (Å²) in [5, 5.41) is 2.43. The third-order valence-corrected chi connectivity index (χ3v) is 6.56. The highest BCUT2D eigenvalue weighted by Gasteiger charge is 2.31. The topological polar surface area (TPSA) is 72.5 Å². The highest BCUT2D eigenvalue weighted by atomic mass is 32.2. The lowest BCUT2D eigenvalue weighted by molar-refractivity contribution is -0.120. The lowest BCUT2D eigenvalue weighted by Gasteiger charge is -2.27. The van der Waals surface area contributed by atoms with Crippen molar-refractivity contribution < 1.29 is 22.3 Å². The summed E-state index contributed by atoms with van der Waals surface area (Å²) < 4.78 is 42.5. The molecule has 0 spiro atoms. The van der Waals surface area contributed by atoms with Gasteiger partial charge in [0.2, 0.25) is 5.91 Å². The third-order valence-electron chi connectivity index (χ3n) is 4.88. The number of anilines is 1. The van der Waals surface area contributed by atoms with Crippen LogP contribution in [0.5, 0.6) is 5.75 Å². The zero-order valence-electron chi connectivity index (χ0n) is 13.7. The molecule has 0 radical (unpaired) electrons. The number of fused-ring (bicyclic) bond motifs is 1. The number of aryl methyl sites for hydroxylation is 1. The van der Waals surface area contributed by atoms with Gasteiger partial charge in [0.25, 0.3) is 0 Å². The van der Waals surface area contributed by atoms with Crippen molar-refractivity contribution in [1.82, 2.24) is 0 Å². The van der Waals surface area contributed by atoms with Crippen molar-refractivity contribution in [2.24, 2.45) is 5.92 Å². The molecule has 3 rings (SSSR count). The van der Waals surface area contributed by atoms with E-state index in [2.05, 4.69) is 5.32 Å². The molecule has 0 bridgehead atoms. The van der Waals surface area contributed by atoms with E-state index in [-0.39, 0.29) is 17.1 Å². The molecule has 1 fully saturated rings. The van der Waals surface area contributed by atoms with Crippen molar-refractivity contribution in [3.8, 4) is 5.75 Å². The van der Waals surface area contributed by atoms with Crippen LogP contribution < -0.4 is 10.1 Å². The summed E-state index contributed by atoms with van der Waals surface area (Å²) in [5.41, 5.74) is 1.15. The number of hydrogen-bond acceptors (Lipinski definition) is 4. The lowest BCUT2D eigenvalue weighted by atomic mass is 9.88. The Kier molecular flexibility index (Phi) is 4.80. The molecular weight excluding hydrogens is 333 g/mol. The summed E-state index contributed by atoms with van der Waals surface area (Å²) >= 11 is 0. The maximum absolute atomic E-state index is 13.8. The van der Waals surface area contributed by atoms with E-state index < -0.39 is 15.7 Å². The summed E-state index contributed by atoms with van der Waals surface area (Å²) in [6, 6.07) is 2.73. The summed E-state index contributed by atoms with van der Waals surface area (Å²) in [7, 11) is -3.05.